The molecule has 0 bridgehead atoms. The lowest BCUT2D eigenvalue weighted by molar-refractivity contribution is -0.128. The van der Waals surface area contributed by atoms with Gasteiger partial charge in [-0.2, -0.15) is 0 Å². The highest BCUT2D eigenvalue weighted by Crippen LogP contribution is 2.38. The van der Waals surface area contributed by atoms with Crippen LogP contribution in [-0.2, 0) is 11.3 Å². The van der Waals surface area contributed by atoms with Crippen molar-refractivity contribution in [2.45, 2.75) is 26.0 Å². The zero-order valence-electron chi connectivity index (χ0n) is 15.9. The third-order valence-electron chi connectivity index (χ3n) is 3.96. The first kappa shape index (κ1) is 20.4. The van der Waals surface area contributed by atoms with Crippen molar-refractivity contribution >= 4 is 5.91 Å². The Morgan fingerprint density at radius 2 is 1.67 bits per heavy atom. The van der Waals surface area contributed by atoms with Crippen molar-refractivity contribution in [3.63, 3.8) is 0 Å². The summed E-state index contributed by atoms with van der Waals surface area (Å²) in [5, 5.41) is 2.79. The molecule has 7 heteroatoms. The van der Waals surface area contributed by atoms with Crippen molar-refractivity contribution < 1.29 is 28.1 Å². The van der Waals surface area contributed by atoms with Gasteiger partial charge in [-0.3, -0.25) is 4.79 Å². The summed E-state index contributed by atoms with van der Waals surface area (Å²) in [6, 6.07) is 9.49. The van der Waals surface area contributed by atoms with Crippen LogP contribution in [0.15, 0.2) is 36.4 Å². The summed E-state index contributed by atoms with van der Waals surface area (Å²) in [5.74, 6) is 0.672. The molecule has 0 radical (unpaired) electrons. The second-order valence-corrected chi connectivity index (χ2v) is 5.70. The molecule has 0 aliphatic heterocycles. The van der Waals surface area contributed by atoms with Crippen LogP contribution >= 0.6 is 0 Å². The molecule has 0 heterocycles. The summed E-state index contributed by atoms with van der Waals surface area (Å²) in [6.07, 6.45) is -0.404. The van der Waals surface area contributed by atoms with Crippen molar-refractivity contribution in [2.75, 3.05) is 21.3 Å². The molecule has 0 unspecified atom stereocenters. The van der Waals surface area contributed by atoms with Crippen LogP contribution in [-0.4, -0.2) is 33.3 Å². The molecule has 1 atom stereocenters. The second kappa shape index (κ2) is 9.66. The number of benzene rings is 2. The highest BCUT2D eigenvalue weighted by Gasteiger charge is 2.20. The number of halogens is 1. The maximum absolute atomic E-state index is 13.7. The van der Waals surface area contributed by atoms with Crippen LogP contribution in [0.2, 0.25) is 0 Å². The zero-order chi connectivity index (χ0) is 19.8. The number of hydrogen-bond acceptors (Lipinski definition) is 5. The van der Waals surface area contributed by atoms with Gasteiger partial charge in [0, 0.05) is 6.54 Å². The molecule has 2 aromatic carbocycles. The number of carbonyl (C=O) groups is 1. The third kappa shape index (κ3) is 5.03. The Balaban J connectivity index is 2.08. The fourth-order valence-electron chi connectivity index (χ4n) is 2.56. The summed E-state index contributed by atoms with van der Waals surface area (Å²) >= 11 is 0. The molecule has 2 rings (SSSR count). The number of amides is 1. The average Bonchev–Trinajstić information content (AvgIpc) is 2.70. The predicted octanol–water partition coefficient (Wildman–Crippen LogP) is 3.33. The average molecular weight is 377 g/mol. The van der Waals surface area contributed by atoms with E-state index < -0.39 is 11.9 Å². The molecule has 0 aliphatic rings. The van der Waals surface area contributed by atoms with E-state index in [-0.39, 0.29) is 18.2 Å². The molecule has 146 valence electrons. The van der Waals surface area contributed by atoms with Crippen LogP contribution in [0.1, 0.15) is 18.9 Å². The summed E-state index contributed by atoms with van der Waals surface area (Å²) in [6.45, 7) is 2.03. The number of carbonyl (C=O) groups excluding carboxylic acids is 1. The number of methoxy groups -OCH3 is 3. The Hall–Kier alpha value is -2.96. The van der Waals surface area contributed by atoms with Crippen LogP contribution in [0.3, 0.4) is 0 Å². The Kier molecular flexibility index (Phi) is 7.28. The maximum Gasteiger partial charge on any atom is 0.261 e. The standard InChI is InChI=1S/C20H24FNO5/c1-5-15(27-16-9-7-6-8-14(16)21)20(23)22-12-13-10-17(24-2)19(26-4)18(11-13)25-3/h6-11,15H,5,12H2,1-4H3,(H,22,23)/t15-/m1/s1. The molecule has 6 nitrogen and oxygen atoms in total. The normalized spacial score (nSPS) is 11.4. The molecule has 0 spiro atoms. The van der Waals surface area contributed by atoms with Gasteiger partial charge in [-0.1, -0.05) is 19.1 Å². The number of para-hydroxylation sites is 1. The molecule has 1 amide bonds. The second-order valence-electron chi connectivity index (χ2n) is 5.70. The quantitative estimate of drug-likeness (QED) is 0.726. The van der Waals surface area contributed by atoms with E-state index in [1.807, 2.05) is 0 Å². The number of hydrogen-bond donors (Lipinski definition) is 1. The predicted molar refractivity (Wildman–Crippen MR) is 99.1 cm³/mol. The largest absolute Gasteiger partial charge is 0.493 e. The lowest BCUT2D eigenvalue weighted by Gasteiger charge is -2.18. The maximum atomic E-state index is 13.7. The van der Waals surface area contributed by atoms with Gasteiger partial charge in [0.05, 0.1) is 21.3 Å². The molecular formula is C20H24FNO5. The smallest absolute Gasteiger partial charge is 0.261 e. The summed E-state index contributed by atoms with van der Waals surface area (Å²) < 4.78 is 35.1. The Morgan fingerprint density at radius 3 is 2.19 bits per heavy atom. The first-order valence-corrected chi connectivity index (χ1v) is 8.51. The van der Waals surface area contributed by atoms with Crippen LogP contribution < -0.4 is 24.3 Å². The molecule has 0 aliphatic carbocycles. The van der Waals surface area contributed by atoms with Crippen LogP contribution in [0.25, 0.3) is 0 Å². The topological polar surface area (TPSA) is 66.0 Å². The number of ether oxygens (including phenoxy) is 4. The van der Waals surface area contributed by atoms with Crippen molar-refractivity contribution in [3.05, 3.63) is 47.8 Å². The van der Waals surface area contributed by atoms with Gasteiger partial charge in [-0.25, -0.2) is 4.39 Å². The highest BCUT2D eigenvalue weighted by molar-refractivity contribution is 5.81. The molecule has 27 heavy (non-hydrogen) atoms. The van der Waals surface area contributed by atoms with E-state index in [4.69, 9.17) is 18.9 Å². The minimum Gasteiger partial charge on any atom is -0.493 e. The van der Waals surface area contributed by atoms with Crippen LogP contribution in [0.5, 0.6) is 23.0 Å². The molecule has 1 N–H and O–H groups in total. The summed E-state index contributed by atoms with van der Waals surface area (Å²) in [4.78, 5) is 12.4. The molecule has 0 aromatic heterocycles. The fraction of sp³-hybridized carbons (Fsp3) is 0.350. The van der Waals surface area contributed by atoms with Crippen molar-refractivity contribution in [2.24, 2.45) is 0 Å². The Labute approximate surface area is 158 Å². The summed E-state index contributed by atoms with van der Waals surface area (Å²) in [7, 11) is 4.57. The molecule has 0 fully saturated rings. The molecule has 0 saturated heterocycles. The third-order valence-corrected chi connectivity index (χ3v) is 3.96. The first-order valence-electron chi connectivity index (χ1n) is 8.51. The highest BCUT2D eigenvalue weighted by atomic mass is 19.1. The zero-order valence-corrected chi connectivity index (χ0v) is 15.9. The van der Waals surface area contributed by atoms with Gasteiger partial charge in [0.1, 0.15) is 0 Å². The van der Waals surface area contributed by atoms with E-state index in [0.29, 0.717) is 23.7 Å². The van der Waals surface area contributed by atoms with E-state index >= 15 is 0 Å². The van der Waals surface area contributed by atoms with Crippen molar-refractivity contribution in [1.29, 1.82) is 0 Å². The molecular weight excluding hydrogens is 353 g/mol. The van der Waals surface area contributed by atoms with Gasteiger partial charge < -0.3 is 24.3 Å². The SMILES string of the molecule is CC[C@@H](Oc1ccccc1F)C(=O)NCc1cc(OC)c(OC)c(OC)c1. The lowest BCUT2D eigenvalue weighted by Crippen LogP contribution is -2.37. The minimum atomic E-state index is -0.802. The molecule has 0 saturated carbocycles. The van der Waals surface area contributed by atoms with Crippen LogP contribution in [0.4, 0.5) is 4.39 Å². The minimum absolute atomic E-state index is 0.0484. The van der Waals surface area contributed by atoms with E-state index in [1.54, 1.807) is 31.2 Å². The Bertz CT molecular complexity index is 756. The van der Waals surface area contributed by atoms with Gasteiger partial charge >= 0.3 is 0 Å². The first-order chi connectivity index (χ1) is 13.0. The van der Waals surface area contributed by atoms with E-state index in [2.05, 4.69) is 5.32 Å². The number of nitrogens with one attached hydrogen (secondary N) is 1. The lowest BCUT2D eigenvalue weighted by atomic mass is 10.1. The van der Waals surface area contributed by atoms with Crippen molar-refractivity contribution in [3.8, 4) is 23.0 Å². The number of rotatable bonds is 9. The van der Waals surface area contributed by atoms with Gasteiger partial charge in [0.25, 0.3) is 5.91 Å². The van der Waals surface area contributed by atoms with Gasteiger partial charge in [-0.15, -0.1) is 0 Å². The van der Waals surface area contributed by atoms with Gasteiger partial charge in [-0.05, 0) is 36.2 Å². The monoisotopic (exact) mass is 377 g/mol. The molecule has 2 aromatic rings. The van der Waals surface area contributed by atoms with Gasteiger partial charge in [0.2, 0.25) is 5.75 Å². The van der Waals surface area contributed by atoms with Crippen LogP contribution in [0, 0.1) is 5.82 Å². The van der Waals surface area contributed by atoms with Crippen molar-refractivity contribution in [1.82, 2.24) is 5.32 Å². The fourth-order valence-corrected chi connectivity index (χ4v) is 2.56. The summed E-state index contributed by atoms with van der Waals surface area (Å²) in [5.41, 5.74) is 0.763. The van der Waals surface area contributed by atoms with E-state index in [1.165, 1.54) is 33.5 Å². The van der Waals surface area contributed by atoms with E-state index in [0.717, 1.165) is 5.56 Å². The Morgan fingerprint density at radius 1 is 1.04 bits per heavy atom. The van der Waals surface area contributed by atoms with Gasteiger partial charge in [0.15, 0.2) is 29.2 Å². The van der Waals surface area contributed by atoms with E-state index in [9.17, 15) is 9.18 Å².